The van der Waals surface area contributed by atoms with Crippen molar-refractivity contribution in [3.63, 3.8) is 0 Å². The molecule has 0 bridgehead atoms. The van der Waals surface area contributed by atoms with Crippen LogP contribution in [-0.2, 0) is 17.8 Å². The van der Waals surface area contributed by atoms with Crippen molar-refractivity contribution < 1.29 is 9.90 Å². The van der Waals surface area contributed by atoms with Crippen LogP contribution in [0.15, 0.2) is 60.7 Å². The number of carboxylic acid groups (broad SMARTS) is 1. The first kappa shape index (κ1) is 18.9. The van der Waals surface area contributed by atoms with Crippen molar-refractivity contribution in [1.82, 2.24) is 9.55 Å². The maximum Gasteiger partial charge on any atom is 0.307 e. The molecule has 0 amide bonds. The highest BCUT2D eigenvalue weighted by Gasteiger charge is 2.17. The van der Waals surface area contributed by atoms with Gasteiger partial charge in [0.05, 0.1) is 17.5 Å². The highest BCUT2D eigenvalue weighted by Crippen LogP contribution is 2.35. The van der Waals surface area contributed by atoms with E-state index in [1.807, 2.05) is 24.3 Å². The Morgan fingerprint density at radius 3 is 2.41 bits per heavy atom. The third-order valence-electron chi connectivity index (χ3n) is 5.32. The number of benzene rings is 3. The van der Waals surface area contributed by atoms with E-state index in [-0.39, 0.29) is 6.42 Å². The molecule has 0 fully saturated rings. The first-order valence-electron chi connectivity index (χ1n) is 9.86. The Morgan fingerprint density at radius 1 is 0.966 bits per heavy atom. The van der Waals surface area contributed by atoms with E-state index in [1.54, 1.807) is 0 Å². The molecule has 0 atom stereocenters. The van der Waals surface area contributed by atoms with Gasteiger partial charge in [-0.05, 0) is 55.2 Å². The minimum absolute atomic E-state index is 0.00338. The summed E-state index contributed by atoms with van der Waals surface area (Å²) < 4.78 is 2.20. The van der Waals surface area contributed by atoms with Gasteiger partial charge in [0.1, 0.15) is 5.82 Å². The maximum atomic E-state index is 11.1. The van der Waals surface area contributed by atoms with Gasteiger partial charge >= 0.3 is 5.97 Å². The summed E-state index contributed by atoms with van der Waals surface area (Å²) in [4.78, 5) is 16.0. The summed E-state index contributed by atoms with van der Waals surface area (Å²) in [6.07, 6.45) is 0.00338. The summed E-state index contributed by atoms with van der Waals surface area (Å²) in [6, 6.07) is 20.6. The van der Waals surface area contributed by atoms with Gasteiger partial charge < -0.3 is 9.67 Å². The zero-order valence-electron chi connectivity index (χ0n) is 16.9. The second kappa shape index (κ2) is 7.55. The molecule has 3 aromatic carbocycles. The molecular weight excluding hydrogens is 360 g/mol. The Labute approximate surface area is 170 Å². The van der Waals surface area contributed by atoms with Crippen molar-refractivity contribution in [2.45, 2.75) is 33.7 Å². The fourth-order valence-electron chi connectivity index (χ4n) is 4.01. The van der Waals surface area contributed by atoms with Crippen molar-refractivity contribution in [2.24, 2.45) is 0 Å². The van der Waals surface area contributed by atoms with E-state index >= 15 is 0 Å². The van der Waals surface area contributed by atoms with Crippen molar-refractivity contribution in [2.75, 3.05) is 0 Å². The predicted molar refractivity (Wildman–Crippen MR) is 117 cm³/mol. The summed E-state index contributed by atoms with van der Waals surface area (Å²) in [7, 11) is 0. The first-order chi connectivity index (χ1) is 14.0. The number of carbonyl (C=O) groups is 1. The summed E-state index contributed by atoms with van der Waals surface area (Å²) in [5.74, 6) is 0.0743. The molecule has 29 heavy (non-hydrogen) atoms. The van der Waals surface area contributed by atoms with Crippen molar-refractivity contribution >= 4 is 17.0 Å². The van der Waals surface area contributed by atoms with Crippen LogP contribution < -0.4 is 0 Å². The van der Waals surface area contributed by atoms with E-state index in [0.717, 1.165) is 40.1 Å². The highest BCUT2D eigenvalue weighted by atomic mass is 16.4. The number of imidazole rings is 1. The number of hydrogen-bond donors (Lipinski definition) is 1. The Morgan fingerprint density at radius 2 is 1.72 bits per heavy atom. The number of nitrogens with zero attached hydrogens (tertiary/aromatic N) is 2. The summed E-state index contributed by atoms with van der Waals surface area (Å²) in [6.45, 7) is 7.13. The van der Waals surface area contributed by atoms with Crippen LogP contribution in [0.3, 0.4) is 0 Å². The fraction of sp³-hybridized carbons (Fsp3) is 0.200. The van der Waals surface area contributed by atoms with E-state index in [1.165, 1.54) is 16.7 Å². The second-order valence-electron chi connectivity index (χ2n) is 7.44. The lowest BCUT2D eigenvalue weighted by Gasteiger charge is -2.14. The van der Waals surface area contributed by atoms with Crippen molar-refractivity contribution in [3.05, 3.63) is 77.4 Å². The quantitative estimate of drug-likeness (QED) is 0.485. The van der Waals surface area contributed by atoms with Gasteiger partial charge in [-0.2, -0.15) is 0 Å². The average Bonchev–Trinajstić information content (AvgIpc) is 3.05. The van der Waals surface area contributed by atoms with Crippen LogP contribution in [0.4, 0.5) is 0 Å². The molecule has 0 saturated heterocycles. The zero-order valence-corrected chi connectivity index (χ0v) is 16.9. The Kier molecular flexibility index (Phi) is 4.93. The molecule has 0 aliphatic carbocycles. The topological polar surface area (TPSA) is 55.1 Å². The van der Waals surface area contributed by atoms with E-state index in [2.05, 4.69) is 61.7 Å². The minimum Gasteiger partial charge on any atom is -0.481 e. The molecule has 0 spiro atoms. The number of aromatic nitrogens is 2. The zero-order chi connectivity index (χ0) is 20.5. The first-order valence-corrected chi connectivity index (χ1v) is 9.86. The third kappa shape index (κ3) is 3.54. The van der Waals surface area contributed by atoms with Crippen LogP contribution in [0.5, 0.6) is 0 Å². The molecule has 0 radical (unpaired) electrons. The lowest BCUT2D eigenvalue weighted by atomic mass is 9.94. The van der Waals surface area contributed by atoms with Crippen molar-refractivity contribution in [3.8, 4) is 22.5 Å². The Balaban J connectivity index is 1.92. The molecule has 4 rings (SSSR count). The average molecular weight is 384 g/mol. The lowest BCUT2D eigenvalue weighted by molar-refractivity contribution is -0.136. The molecule has 4 aromatic rings. The number of aliphatic carboxylic acids is 1. The summed E-state index contributed by atoms with van der Waals surface area (Å²) in [5, 5.41) is 9.11. The largest absolute Gasteiger partial charge is 0.481 e. The van der Waals surface area contributed by atoms with Gasteiger partial charge in [0, 0.05) is 12.1 Å². The molecule has 4 nitrogen and oxygen atoms in total. The molecule has 1 aromatic heterocycles. The van der Waals surface area contributed by atoms with Gasteiger partial charge in [-0.3, -0.25) is 4.79 Å². The van der Waals surface area contributed by atoms with Crippen LogP contribution in [0.25, 0.3) is 33.5 Å². The van der Waals surface area contributed by atoms with Gasteiger partial charge in [0.15, 0.2) is 0 Å². The second-order valence-corrected chi connectivity index (χ2v) is 7.44. The number of fused-ring (bicyclic) bond motifs is 1. The fourth-order valence-corrected chi connectivity index (χ4v) is 4.01. The monoisotopic (exact) mass is 384 g/mol. The van der Waals surface area contributed by atoms with Gasteiger partial charge in [-0.25, -0.2) is 4.98 Å². The highest BCUT2D eigenvalue weighted by molar-refractivity contribution is 5.88. The lowest BCUT2D eigenvalue weighted by Crippen LogP contribution is -2.00. The molecule has 146 valence electrons. The predicted octanol–water partition coefficient (Wildman–Crippen LogP) is 5.63. The number of aryl methyl sites for hydroxylation is 3. The molecule has 0 saturated carbocycles. The van der Waals surface area contributed by atoms with Crippen LogP contribution >= 0.6 is 0 Å². The van der Waals surface area contributed by atoms with Crippen LogP contribution in [0.2, 0.25) is 0 Å². The van der Waals surface area contributed by atoms with E-state index in [0.29, 0.717) is 0 Å². The SMILES string of the molecule is CCn1c(-c2ccccc2-c2ccc(C)cc2C)nc2cc(CC(=O)O)ccc21. The van der Waals surface area contributed by atoms with Crippen LogP contribution in [-0.4, -0.2) is 20.6 Å². The van der Waals surface area contributed by atoms with Crippen LogP contribution in [0.1, 0.15) is 23.6 Å². The van der Waals surface area contributed by atoms with Gasteiger partial charge in [0.25, 0.3) is 0 Å². The molecule has 4 heteroatoms. The molecule has 0 unspecified atom stereocenters. The molecule has 1 heterocycles. The summed E-state index contributed by atoms with van der Waals surface area (Å²) in [5.41, 5.74) is 8.53. The standard InChI is InChI=1S/C25H24N2O2/c1-4-27-23-12-10-18(15-24(28)29)14-22(23)26-25(27)21-8-6-5-7-20(21)19-11-9-16(2)13-17(19)3/h5-14H,4,15H2,1-3H3,(H,28,29). The normalized spacial score (nSPS) is 11.1. The smallest absolute Gasteiger partial charge is 0.307 e. The van der Waals surface area contributed by atoms with E-state index in [4.69, 9.17) is 10.1 Å². The molecule has 0 aliphatic heterocycles. The summed E-state index contributed by atoms with van der Waals surface area (Å²) >= 11 is 0. The maximum absolute atomic E-state index is 11.1. The van der Waals surface area contributed by atoms with Gasteiger partial charge in [-0.1, -0.05) is 54.1 Å². The van der Waals surface area contributed by atoms with Gasteiger partial charge in [0.2, 0.25) is 0 Å². The Hall–Kier alpha value is -3.40. The third-order valence-corrected chi connectivity index (χ3v) is 5.32. The van der Waals surface area contributed by atoms with Crippen LogP contribution in [0, 0.1) is 13.8 Å². The number of rotatable bonds is 5. The molecule has 0 aliphatic rings. The molecular formula is C25H24N2O2. The molecule has 1 N–H and O–H groups in total. The van der Waals surface area contributed by atoms with E-state index < -0.39 is 5.97 Å². The minimum atomic E-state index is -0.834. The number of carboxylic acids is 1. The van der Waals surface area contributed by atoms with Crippen molar-refractivity contribution in [1.29, 1.82) is 0 Å². The van der Waals surface area contributed by atoms with Gasteiger partial charge in [-0.15, -0.1) is 0 Å². The Bertz CT molecular complexity index is 1220. The van der Waals surface area contributed by atoms with E-state index in [9.17, 15) is 4.79 Å². The number of hydrogen-bond acceptors (Lipinski definition) is 2.